The highest BCUT2D eigenvalue weighted by molar-refractivity contribution is 8.18. The minimum atomic E-state index is -0.759. The molecule has 1 unspecified atom stereocenters. The molecule has 2 aromatic rings. The molecule has 1 fully saturated rings. The first-order valence-corrected chi connectivity index (χ1v) is 11.4. The highest BCUT2D eigenvalue weighted by Crippen LogP contribution is 2.36. The summed E-state index contributed by atoms with van der Waals surface area (Å²) in [5, 5.41) is 2.90. The molecule has 1 atom stereocenters. The van der Waals surface area contributed by atoms with Crippen LogP contribution < -0.4 is 19.5 Å². The molecule has 1 saturated heterocycles. The number of benzene rings is 2. The number of hydrogen-bond donors (Lipinski definition) is 1. The summed E-state index contributed by atoms with van der Waals surface area (Å²) < 4.78 is 16.3. The van der Waals surface area contributed by atoms with Crippen molar-refractivity contribution in [2.24, 2.45) is 0 Å². The zero-order chi connectivity index (χ0) is 23.5. The third kappa shape index (κ3) is 5.26. The number of imide groups is 1. The van der Waals surface area contributed by atoms with Gasteiger partial charge in [-0.3, -0.25) is 19.3 Å². The van der Waals surface area contributed by atoms with Crippen LogP contribution in [0.1, 0.15) is 18.1 Å². The molecule has 0 aromatic heterocycles. The van der Waals surface area contributed by atoms with Crippen LogP contribution in [0.2, 0.25) is 5.02 Å². The van der Waals surface area contributed by atoms with Crippen molar-refractivity contribution < 1.29 is 28.6 Å². The second kappa shape index (κ2) is 9.76. The second-order valence-electron chi connectivity index (χ2n) is 7.41. The van der Waals surface area contributed by atoms with E-state index in [-0.39, 0.29) is 31.0 Å². The first-order valence-electron chi connectivity index (χ1n) is 10.2. The molecule has 2 aromatic carbocycles. The molecular weight excluding hydrogens is 468 g/mol. The summed E-state index contributed by atoms with van der Waals surface area (Å²) in [5.74, 6) is 1.03. The number of amides is 3. The van der Waals surface area contributed by atoms with E-state index in [0.29, 0.717) is 27.2 Å². The number of carbonyl (C=O) groups is 3. The zero-order valence-corrected chi connectivity index (χ0v) is 19.5. The van der Waals surface area contributed by atoms with Crippen LogP contribution in [0, 0.1) is 6.92 Å². The third-order valence-electron chi connectivity index (χ3n) is 5.01. The lowest BCUT2D eigenvalue weighted by Gasteiger charge is -2.17. The molecule has 33 heavy (non-hydrogen) atoms. The van der Waals surface area contributed by atoms with Gasteiger partial charge in [0.25, 0.3) is 17.1 Å². The topological polar surface area (TPSA) is 94.2 Å². The van der Waals surface area contributed by atoms with Gasteiger partial charge in [0.05, 0.1) is 4.91 Å². The minimum absolute atomic E-state index is 0.0571. The molecular formula is C23H21ClN2O6S. The van der Waals surface area contributed by atoms with Gasteiger partial charge in [0.2, 0.25) is 6.79 Å². The molecule has 0 bridgehead atoms. The molecule has 2 heterocycles. The van der Waals surface area contributed by atoms with E-state index < -0.39 is 12.0 Å². The predicted molar refractivity (Wildman–Crippen MR) is 125 cm³/mol. The lowest BCUT2D eigenvalue weighted by atomic mass is 10.2. The van der Waals surface area contributed by atoms with Crippen molar-refractivity contribution >= 4 is 46.5 Å². The molecule has 2 aliphatic heterocycles. The zero-order valence-electron chi connectivity index (χ0n) is 17.9. The summed E-state index contributed by atoms with van der Waals surface area (Å²) in [6, 6.07) is 10.4. The number of thioether (sulfide) groups is 1. The van der Waals surface area contributed by atoms with Crippen LogP contribution in [0.25, 0.3) is 6.08 Å². The van der Waals surface area contributed by atoms with Gasteiger partial charge in [0.1, 0.15) is 5.75 Å². The van der Waals surface area contributed by atoms with Crippen LogP contribution in [0.15, 0.2) is 41.3 Å². The Morgan fingerprint density at radius 2 is 2.03 bits per heavy atom. The summed E-state index contributed by atoms with van der Waals surface area (Å²) in [4.78, 5) is 38.8. The smallest absolute Gasteiger partial charge is 0.293 e. The van der Waals surface area contributed by atoms with Gasteiger partial charge < -0.3 is 19.5 Å². The van der Waals surface area contributed by atoms with Crippen LogP contribution in [0.5, 0.6) is 17.2 Å². The van der Waals surface area contributed by atoms with Crippen molar-refractivity contribution in [2.75, 3.05) is 19.9 Å². The number of fused-ring (bicyclic) bond motifs is 1. The molecule has 8 nitrogen and oxygen atoms in total. The fraction of sp³-hybridized carbons (Fsp3) is 0.261. The number of halogens is 1. The van der Waals surface area contributed by atoms with Crippen molar-refractivity contribution in [1.82, 2.24) is 10.2 Å². The third-order valence-corrected chi connectivity index (χ3v) is 6.16. The van der Waals surface area contributed by atoms with Crippen LogP contribution >= 0.6 is 23.4 Å². The average molecular weight is 489 g/mol. The first kappa shape index (κ1) is 23.0. The summed E-state index contributed by atoms with van der Waals surface area (Å²) in [6.45, 7) is 3.79. The predicted octanol–water partition coefficient (Wildman–Crippen LogP) is 4.00. The number of rotatable bonds is 7. The highest BCUT2D eigenvalue weighted by atomic mass is 35.5. The Balaban J connectivity index is 1.30. The van der Waals surface area contributed by atoms with Gasteiger partial charge >= 0.3 is 0 Å². The van der Waals surface area contributed by atoms with E-state index in [1.54, 1.807) is 49.4 Å². The lowest BCUT2D eigenvalue weighted by molar-refractivity contribution is -0.128. The highest BCUT2D eigenvalue weighted by Gasteiger charge is 2.35. The number of carbonyl (C=O) groups excluding carboxylic acids is 3. The minimum Gasteiger partial charge on any atom is -0.481 e. The maximum absolute atomic E-state index is 12.7. The molecule has 10 heteroatoms. The van der Waals surface area contributed by atoms with E-state index in [1.165, 1.54) is 0 Å². The maximum atomic E-state index is 12.7. The van der Waals surface area contributed by atoms with Gasteiger partial charge in [-0.05, 0) is 73.1 Å². The Morgan fingerprint density at radius 1 is 1.24 bits per heavy atom. The molecule has 4 rings (SSSR count). The quantitative estimate of drug-likeness (QED) is 0.589. The summed E-state index contributed by atoms with van der Waals surface area (Å²) in [7, 11) is 0. The van der Waals surface area contributed by atoms with Gasteiger partial charge in [-0.1, -0.05) is 17.7 Å². The van der Waals surface area contributed by atoms with Crippen molar-refractivity contribution in [2.45, 2.75) is 20.0 Å². The van der Waals surface area contributed by atoms with Gasteiger partial charge in [-0.15, -0.1) is 0 Å². The number of aryl methyl sites for hydroxylation is 1. The molecule has 1 N–H and O–H groups in total. The van der Waals surface area contributed by atoms with Crippen molar-refractivity contribution in [3.8, 4) is 17.2 Å². The van der Waals surface area contributed by atoms with E-state index in [4.69, 9.17) is 25.8 Å². The van der Waals surface area contributed by atoms with E-state index in [2.05, 4.69) is 5.32 Å². The molecule has 172 valence electrons. The van der Waals surface area contributed by atoms with Crippen LogP contribution in [0.4, 0.5) is 4.79 Å². The molecule has 0 aliphatic carbocycles. The summed E-state index contributed by atoms with van der Waals surface area (Å²) in [6.07, 6.45) is 0.876. The van der Waals surface area contributed by atoms with Crippen molar-refractivity contribution in [1.29, 1.82) is 0 Å². The Bertz CT molecular complexity index is 1150. The SMILES string of the molecule is Cc1cc(Cl)ccc1OC(C)C(=O)NCCN1C(=O)S/C(=C\c2ccc3c(c2)OCO3)C1=O. The fourth-order valence-corrected chi connectivity index (χ4v) is 4.36. The van der Waals surface area contributed by atoms with E-state index in [9.17, 15) is 14.4 Å². The summed E-state index contributed by atoms with van der Waals surface area (Å²) in [5.41, 5.74) is 1.54. The average Bonchev–Trinajstić information content (AvgIpc) is 3.34. The van der Waals surface area contributed by atoms with Crippen molar-refractivity contribution in [3.63, 3.8) is 0 Å². The monoisotopic (exact) mass is 488 g/mol. The Hall–Kier alpha value is -3.17. The van der Waals surface area contributed by atoms with Gasteiger partial charge in [-0.2, -0.15) is 0 Å². The molecule has 3 amide bonds. The molecule has 0 saturated carbocycles. The van der Waals surface area contributed by atoms with Crippen LogP contribution in [-0.2, 0) is 9.59 Å². The molecule has 0 radical (unpaired) electrons. The maximum Gasteiger partial charge on any atom is 0.293 e. The Kier molecular flexibility index (Phi) is 6.80. The number of nitrogens with zero attached hydrogens (tertiary/aromatic N) is 1. The van der Waals surface area contributed by atoms with Crippen LogP contribution in [-0.4, -0.2) is 47.9 Å². The first-order chi connectivity index (χ1) is 15.8. The second-order valence-corrected chi connectivity index (χ2v) is 8.84. The van der Waals surface area contributed by atoms with Crippen LogP contribution in [0.3, 0.4) is 0 Å². The normalized spacial score (nSPS) is 16.9. The van der Waals surface area contributed by atoms with Gasteiger partial charge in [0, 0.05) is 18.1 Å². The summed E-state index contributed by atoms with van der Waals surface area (Å²) >= 11 is 6.80. The number of ether oxygens (including phenoxy) is 3. The Labute approximate surface area is 199 Å². The van der Waals surface area contributed by atoms with Gasteiger partial charge in [-0.25, -0.2) is 0 Å². The van der Waals surface area contributed by atoms with Crippen molar-refractivity contribution in [3.05, 3.63) is 57.5 Å². The molecule has 0 spiro atoms. The number of nitrogens with one attached hydrogen (secondary N) is 1. The Morgan fingerprint density at radius 3 is 2.82 bits per heavy atom. The molecule has 2 aliphatic rings. The largest absolute Gasteiger partial charge is 0.481 e. The number of hydrogen-bond acceptors (Lipinski definition) is 7. The van der Waals surface area contributed by atoms with E-state index in [1.807, 2.05) is 6.92 Å². The lowest BCUT2D eigenvalue weighted by Crippen LogP contribution is -2.41. The fourth-order valence-electron chi connectivity index (χ4n) is 3.27. The van der Waals surface area contributed by atoms with E-state index >= 15 is 0 Å². The van der Waals surface area contributed by atoms with E-state index in [0.717, 1.165) is 27.8 Å². The standard InChI is InChI=1S/C23H21ClN2O6S/c1-13-9-16(24)4-6-17(13)32-14(2)21(27)25-7-8-26-22(28)20(33-23(26)29)11-15-3-5-18-19(10-15)31-12-30-18/h3-6,9-11,14H,7-8,12H2,1-2H3,(H,25,27)/b20-11-. The van der Waals surface area contributed by atoms with Gasteiger partial charge in [0.15, 0.2) is 17.6 Å².